The third kappa shape index (κ3) is 6.06. The number of hydrogen-bond donors (Lipinski definition) is 1. The van der Waals surface area contributed by atoms with E-state index >= 15 is 0 Å². The number of halogens is 3. The van der Waals surface area contributed by atoms with E-state index in [2.05, 4.69) is 21.9 Å². The molecule has 0 saturated carbocycles. The number of aromatic nitrogens is 1. The summed E-state index contributed by atoms with van der Waals surface area (Å²) in [4.78, 5) is 19.4. The molecule has 2 aromatic carbocycles. The van der Waals surface area contributed by atoms with Crippen molar-refractivity contribution >= 4 is 28.3 Å². The number of alkyl halides is 3. The number of ether oxygens (including phenoxy) is 2. The van der Waals surface area contributed by atoms with Crippen molar-refractivity contribution in [3.05, 3.63) is 54.6 Å². The van der Waals surface area contributed by atoms with Crippen molar-refractivity contribution in [1.82, 2.24) is 4.98 Å². The summed E-state index contributed by atoms with van der Waals surface area (Å²) >= 11 is 0. The van der Waals surface area contributed by atoms with Gasteiger partial charge in [-0.05, 0) is 61.2 Å². The van der Waals surface area contributed by atoms with Crippen LogP contribution in [0.25, 0.3) is 10.9 Å². The molecule has 1 atom stereocenters. The topological polar surface area (TPSA) is 63.7 Å². The molecule has 0 bridgehead atoms. The van der Waals surface area contributed by atoms with Gasteiger partial charge >= 0.3 is 6.36 Å². The number of pyridine rings is 1. The summed E-state index contributed by atoms with van der Waals surface area (Å²) in [7, 11) is 0. The first-order valence-electron chi connectivity index (χ1n) is 10.7. The normalized spacial score (nSPS) is 16.5. The fourth-order valence-electron chi connectivity index (χ4n) is 3.88. The van der Waals surface area contributed by atoms with E-state index < -0.39 is 12.3 Å². The Labute approximate surface area is 189 Å². The minimum Gasteiger partial charge on any atom is -0.481 e. The van der Waals surface area contributed by atoms with E-state index in [4.69, 9.17) is 9.72 Å². The third-order valence-electron chi connectivity index (χ3n) is 5.38. The van der Waals surface area contributed by atoms with Gasteiger partial charge in [-0.25, -0.2) is 4.98 Å². The number of carbonyl (C=O) groups is 1. The maximum atomic E-state index is 12.3. The van der Waals surface area contributed by atoms with Crippen LogP contribution in [-0.2, 0) is 4.79 Å². The fourth-order valence-corrected chi connectivity index (χ4v) is 3.88. The second kappa shape index (κ2) is 9.56. The van der Waals surface area contributed by atoms with Gasteiger partial charge in [0.05, 0.1) is 0 Å². The van der Waals surface area contributed by atoms with Crippen LogP contribution in [0, 0.1) is 5.92 Å². The first-order chi connectivity index (χ1) is 15.8. The van der Waals surface area contributed by atoms with Crippen LogP contribution in [0.15, 0.2) is 54.6 Å². The Bertz CT molecular complexity index is 1120. The number of hydrogen-bond acceptors (Lipinski definition) is 5. The van der Waals surface area contributed by atoms with E-state index in [0.717, 1.165) is 42.8 Å². The molecule has 33 heavy (non-hydrogen) atoms. The summed E-state index contributed by atoms with van der Waals surface area (Å²) in [5, 5.41) is 3.49. The predicted octanol–water partition coefficient (Wildman–Crippen LogP) is 5.39. The van der Waals surface area contributed by atoms with Gasteiger partial charge in [0.2, 0.25) is 0 Å². The number of rotatable bonds is 6. The third-order valence-corrected chi connectivity index (χ3v) is 5.38. The summed E-state index contributed by atoms with van der Waals surface area (Å²) in [5.41, 5.74) is 1.00. The quantitative estimate of drug-likeness (QED) is 0.536. The Morgan fingerprint density at radius 3 is 2.67 bits per heavy atom. The van der Waals surface area contributed by atoms with Crippen molar-refractivity contribution in [3.8, 4) is 11.5 Å². The van der Waals surface area contributed by atoms with E-state index in [1.54, 1.807) is 6.07 Å². The van der Waals surface area contributed by atoms with Crippen molar-refractivity contribution < 1.29 is 27.4 Å². The van der Waals surface area contributed by atoms with Gasteiger partial charge in [-0.3, -0.25) is 4.79 Å². The minimum absolute atomic E-state index is 0.271. The SMILES string of the molecule is C[C@H]1CCCN(c2ccc3cccc(OCC(=O)Nc4ccc(OC(F)(F)F)cc4)c3n2)C1. The molecule has 3 aromatic rings. The van der Waals surface area contributed by atoms with Gasteiger partial charge in [-0.1, -0.05) is 19.1 Å². The standard InChI is InChI=1S/C24H24F3N3O3/c1-16-4-3-13-30(14-16)21-12-7-17-5-2-6-20(23(17)29-21)32-15-22(31)28-18-8-10-19(11-9-18)33-24(25,26)27/h2,5-12,16H,3-4,13-15H2,1H3,(H,28,31)/t16-/m0/s1. The second-order valence-electron chi connectivity index (χ2n) is 8.10. The Kier molecular flexibility index (Phi) is 6.57. The maximum absolute atomic E-state index is 12.3. The molecule has 1 N–H and O–H groups in total. The monoisotopic (exact) mass is 459 g/mol. The number of nitrogens with one attached hydrogen (secondary N) is 1. The fraction of sp³-hybridized carbons (Fsp3) is 0.333. The Balaban J connectivity index is 1.41. The van der Waals surface area contributed by atoms with E-state index in [-0.39, 0.29) is 12.4 Å². The molecule has 1 amide bonds. The Morgan fingerprint density at radius 2 is 1.94 bits per heavy atom. The van der Waals surface area contributed by atoms with E-state index in [1.807, 2.05) is 24.3 Å². The summed E-state index contributed by atoms with van der Waals surface area (Å²) in [6.45, 7) is 3.88. The Hall–Kier alpha value is -3.49. The molecule has 0 spiro atoms. The molecule has 1 aliphatic heterocycles. The van der Waals surface area contributed by atoms with Crippen molar-refractivity contribution in [3.63, 3.8) is 0 Å². The van der Waals surface area contributed by atoms with Crippen LogP contribution in [0.1, 0.15) is 19.8 Å². The molecule has 174 valence electrons. The summed E-state index contributed by atoms with van der Waals surface area (Å²) in [5.74, 6) is 1.18. The Morgan fingerprint density at radius 1 is 1.15 bits per heavy atom. The molecule has 4 rings (SSSR count). The lowest BCUT2D eigenvalue weighted by Gasteiger charge is -2.32. The number of carbonyl (C=O) groups excluding carboxylic acids is 1. The first-order valence-corrected chi connectivity index (χ1v) is 10.7. The van der Waals surface area contributed by atoms with Crippen molar-refractivity contribution in [1.29, 1.82) is 0 Å². The largest absolute Gasteiger partial charge is 0.573 e. The van der Waals surface area contributed by atoms with Crippen LogP contribution in [0.4, 0.5) is 24.7 Å². The number of piperidine rings is 1. The maximum Gasteiger partial charge on any atom is 0.573 e. The molecular weight excluding hydrogens is 435 g/mol. The molecule has 1 aliphatic rings. The number of anilines is 2. The molecule has 0 radical (unpaired) electrons. The number of para-hydroxylation sites is 1. The van der Waals surface area contributed by atoms with Gasteiger partial charge < -0.3 is 19.7 Å². The average Bonchev–Trinajstić information content (AvgIpc) is 2.77. The van der Waals surface area contributed by atoms with E-state index in [0.29, 0.717) is 22.9 Å². The van der Waals surface area contributed by atoms with Crippen LogP contribution in [0.3, 0.4) is 0 Å². The predicted molar refractivity (Wildman–Crippen MR) is 120 cm³/mol. The van der Waals surface area contributed by atoms with Crippen LogP contribution >= 0.6 is 0 Å². The van der Waals surface area contributed by atoms with E-state index in [1.165, 1.54) is 18.6 Å². The van der Waals surface area contributed by atoms with Gasteiger partial charge in [-0.15, -0.1) is 13.2 Å². The lowest BCUT2D eigenvalue weighted by atomic mass is 10.0. The highest BCUT2D eigenvalue weighted by Crippen LogP contribution is 2.29. The van der Waals surface area contributed by atoms with Gasteiger partial charge in [0.1, 0.15) is 22.8 Å². The molecular formula is C24H24F3N3O3. The zero-order valence-corrected chi connectivity index (χ0v) is 18.1. The molecule has 6 nitrogen and oxygen atoms in total. The summed E-state index contributed by atoms with van der Waals surface area (Å²) in [6.07, 6.45) is -2.43. The molecule has 1 fully saturated rings. The van der Waals surface area contributed by atoms with Gasteiger partial charge in [-0.2, -0.15) is 0 Å². The van der Waals surface area contributed by atoms with Crippen LogP contribution in [-0.4, -0.2) is 36.9 Å². The minimum atomic E-state index is -4.77. The zero-order chi connectivity index (χ0) is 23.4. The first kappa shape index (κ1) is 22.7. The average molecular weight is 459 g/mol. The summed E-state index contributed by atoms with van der Waals surface area (Å²) < 4.78 is 46.3. The van der Waals surface area contributed by atoms with Crippen LogP contribution in [0.5, 0.6) is 11.5 Å². The molecule has 0 unspecified atom stereocenters. The number of nitrogens with zero attached hydrogens (tertiary/aromatic N) is 2. The van der Waals surface area contributed by atoms with Crippen LogP contribution < -0.4 is 19.7 Å². The van der Waals surface area contributed by atoms with Crippen molar-refractivity contribution in [2.24, 2.45) is 5.92 Å². The molecule has 1 saturated heterocycles. The van der Waals surface area contributed by atoms with E-state index in [9.17, 15) is 18.0 Å². The number of benzene rings is 2. The number of amides is 1. The molecule has 0 aliphatic carbocycles. The van der Waals surface area contributed by atoms with Crippen molar-refractivity contribution in [2.45, 2.75) is 26.1 Å². The van der Waals surface area contributed by atoms with Gasteiger partial charge in [0.15, 0.2) is 6.61 Å². The van der Waals surface area contributed by atoms with Gasteiger partial charge in [0.25, 0.3) is 5.91 Å². The molecule has 9 heteroatoms. The smallest absolute Gasteiger partial charge is 0.481 e. The zero-order valence-electron chi connectivity index (χ0n) is 18.1. The van der Waals surface area contributed by atoms with Gasteiger partial charge in [0, 0.05) is 24.2 Å². The lowest BCUT2D eigenvalue weighted by molar-refractivity contribution is -0.274. The molecule has 1 aromatic heterocycles. The highest BCUT2D eigenvalue weighted by Gasteiger charge is 2.31. The highest BCUT2D eigenvalue weighted by molar-refractivity contribution is 5.92. The number of fused-ring (bicyclic) bond motifs is 1. The molecule has 2 heterocycles. The van der Waals surface area contributed by atoms with Crippen molar-refractivity contribution in [2.75, 3.05) is 29.9 Å². The second-order valence-corrected chi connectivity index (χ2v) is 8.10. The lowest BCUT2D eigenvalue weighted by Crippen LogP contribution is -2.34. The summed E-state index contributed by atoms with van der Waals surface area (Å²) in [6, 6.07) is 14.4. The van der Waals surface area contributed by atoms with Crippen LogP contribution in [0.2, 0.25) is 0 Å². The highest BCUT2D eigenvalue weighted by atomic mass is 19.4.